The zero-order chi connectivity index (χ0) is 34.5. The number of allylic oxidation sites excluding steroid dienone is 1. The van der Waals surface area contributed by atoms with Crippen LogP contribution in [0.2, 0.25) is 10.0 Å². The molecule has 48 heavy (non-hydrogen) atoms. The van der Waals surface area contributed by atoms with E-state index in [-0.39, 0.29) is 23.9 Å². The lowest BCUT2D eigenvalue weighted by Crippen LogP contribution is -2.57. The number of carbonyl (C=O) groups is 1. The summed E-state index contributed by atoms with van der Waals surface area (Å²) in [7, 11) is -0.459. The van der Waals surface area contributed by atoms with Gasteiger partial charge in [0.25, 0.3) is 0 Å². The number of piperidine rings is 1. The number of carbonyl (C=O) groups excluding carboxylic acids is 1. The molecule has 1 N–H and O–H groups in total. The molecule has 2 fully saturated rings. The van der Waals surface area contributed by atoms with Gasteiger partial charge in [-0.05, 0) is 105 Å². The predicted octanol–water partition coefficient (Wildman–Crippen LogP) is 8.48. The zero-order valence-electron chi connectivity index (χ0n) is 28.0. The largest absolute Gasteiger partial charge is 0.497 e. The third-order valence-electron chi connectivity index (χ3n) is 10.3. The molecule has 1 aliphatic heterocycles. The number of hydrogen-bond donors (Lipinski definition) is 1. The molecule has 1 aliphatic carbocycles. The molecule has 258 valence electrons. The van der Waals surface area contributed by atoms with Crippen LogP contribution in [-0.4, -0.2) is 50.8 Å². The monoisotopic (exact) mass is 712 g/mol. The van der Waals surface area contributed by atoms with Gasteiger partial charge in [-0.15, -0.1) is 6.58 Å². The van der Waals surface area contributed by atoms with Crippen molar-refractivity contribution in [2.24, 2.45) is 5.41 Å². The Morgan fingerprint density at radius 1 is 1.04 bits per heavy atom. The van der Waals surface area contributed by atoms with E-state index in [2.05, 4.69) is 17.4 Å². The summed E-state index contributed by atoms with van der Waals surface area (Å²) in [6, 6.07) is 22.5. The van der Waals surface area contributed by atoms with Crippen molar-refractivity contribution < 1.29 is 22.7 Å². The second kappa shape index (κ2) is 15.3. The Hall–Kier alpha value is -2.88. The molecule has 2 aliphatic rings. The molecule has 7 nitrogen and oxygen atoms in total. The maximum atomic E-state index is 15.3. The molecule has 0 spiro atoms. The van der Waals surface area contributed by atoms with E-state index >= 15 is 4.79 Å². The van der Waals surface area contributed by atoms with Gasteiger partial charge >= 0.3 is 0 Å². The van der Waals surface area contributed by atoms with E-state index in [4.69, 9.17) is 32.7 Å². The number of rotatable bonds is 16. The summed E-state index contributed by atoms with van der Waals surface area (Å²) < 4.78 is 39.7. The highest BCUT2D eigenvalue weighted by molar-refractivity contribution is 7.91. The van der Waals surface area contributed by atoms with Crippen molar-refractivity contribution in [1.29, 1.82) is 0 Å². The maximum absolute atomic E-state index is 15.3. The molecule has 1 heterocycles. The summed E-state index contributed by atoms with van der Waals surface area (Å²) in [5.41, 5.74) is 2.15. The highest BCUT2D eigenvalue weighted by Gasteiger charge is 2.58. The molecule has 10 heteroatoms. The van der Waals surface area contributed by atoms with Crippen molar-refractivity contribution in [3.8, 4) is 5.75 Å². The average molecular weight is 714 g/mol. The Bertz CT molecular complexity index is 1680. The lowest BCUT2D eigenvalue weighted by atomic mass is 9.64. The maximum Gasteiger partial charge on any atom is 0.229 e. The highest BCUT2D eigenvalue weighted by Crippen LogP contribution is 2.56. The molecule has 0 radical (unpaired) electrons. The fourth-order valence-corrected chi connectivity index (χ4v) is 9.25. The summed E-state index contributed by atoms with van der Waals surface area (Å²) >= 11 is 12.9. The Kier molecular flexibility index (Phi) is 11.6. The highest BCUT2D eigenvalue weighted by atomic mass is 35.5. The van der Waals surface area contributed by atoms with Crippen molar-refractivity contribution >= 4 is 39.1 Å². The van der Waals surface area contributed by atoms with Crippen molar-refractivity contribution in [3.05, 3.63) is 112 Å². The normalized spacial score (nSPS) is 22.7. The molecule has 1 saturated carbocycles. The molecule has 1 saturated heterocycles. The van der Waals surface area contributed by atoms with Crippen molar-refractivity contribution in [1.82, 2.24) is 9.62 Å². The van der Waals surface area contributed by atoms with Crippen molar-refractivity contribution in [2.75, 3.05) is 20.8 Å². The van der Waals surface area contributed by atoms with Crippen molar-refractivity contribution in [3.63, 3.8) is 0 Å². The van der Waals surface area contributed by atoms with Gasteiger partial charge in [0, 0.05) is 28.6 Å². The SMILES string of the molecule is C=CC[C@]1(CCOCc2ccc(OC)cc2)C[C@H](c2cccc(Cl)c2)[C@@H](c2ccc(Cl)cc2)N([C@@H](CC)CC2(S(=O)(=O)NC)CC2)C1=O. The second-order valence-electron chi connectivity index (χ2n) is 13.2. The van der Waals surface area contributed by atoms with Gasteiger partial charge in [0.05, 0.1) is 29.9 Å². The van der Waals surface area contributed by atoms with Gasteiger partial charge in [0.15, 0.2) is 0 Å². The van der Waals surface area contributed by atoms with E-state index in [1.165, 1.54) is 7.05 Å². The first-order valence-electron chi connectivity index (χ1n) is 16.6. The van der Waals surface area contributed by atoms with E-state index in [0.717, 1.165) is 22.4 Å². The van der Waals surface area contributed by atoms with Crippen LogP contribution in [0.1, 0.15) is 80.5 Å². The van der Waals surface area contributed by atoms with Crippen LogP contribution in [0.4, 0.5) is 0 Å². The smallest absolute Gasteiger partial charge is 0.229 e. The van der Waals surface area contributed by atoms with Gasteiger partial charge in [0.1, 0.15) is 5.75 Å². The minimum absolute atomic E-state index is 0.00168. The summed E-state index contributed by atoms with van der Waals surface area (Å²) in [6.45, 7) is 6.88. The molecular weight excluding hydrogens is 667 g/mol. The Balaban J connectivity index is 1.57. The summed E-state index contributed by atoms with van der Waals surface area (Å²) in [4.78, 5) is 17.3. The summed E-state index contributed by atoms with van der Waals surface area (Å²) in [5.74, 6) is 0.632. The first kappa shape index (κ1) is 36.4. The number of nitrogens with one attached hydrogen (secondary N) is 1. The first-order chi connectivity index (χ1) is 23.0. The quantitative estimate of drug-likeness (QED) is 0.119. The van der Waals surface area contributed by atoms with Gasteiger partial charge in [-0.25, -0.2) is 13.1 Å². The lowest BCUT2D eigenvalue weighted by Gasteiger charge is -2.53. The Morgan fingerprint density at radius 2 is 1.75 bits per heavy atom. The van der Waals surface area contributed by atoms with E-state index in [9.17, 15) is 8.42 Å². The van der Waals surface area contributed by atoms with E-state index < -0.39 is 20.2 Å². The van der Waals surface area contributed by atoms with Crippen LogP contribution in [0.3, 0.4) is 0 Å². The number of likely N-dealkylation sites (tertiary alicyclic amines) is 1. The number of nitrogens with zero attached hydrogens (tertiary/aromatic N) is 1. The fourth-order valence-electron chi connectivity index (χ4n) is 7.44. The summed E-state index contributed by atoms with van der Waals surface area (Å²) in [6.07, 6.45) is 5.38. The van der Waals surface area contributed by atoms with Crippen LogP contribution in [0.15, 0.2) is 85.5 Å². The number of halogens is 2. The number of ether oxygens (including phenoxy) is 2. The average Bonchev–Trinajstić information content (AvgIpc) is 3.89. The van der Waals surface area contributed by atoms with Crippen LogP contribution < -0.4 is 9.46 Å². The van der Waals surface area contributed by atoms with Crippen LogP contribution in [0, 0.1) is 5.41 Å². The Morgan fingerprint density at radius 3 is 2.33 bits per heavy atom. The number of hydrogen-bond acceptors (Lipinski definition) is 5. The van der Waals surface area contributed by atoms with Crippen LogP contribution >= 0.6 is 23.2 Å². The standard InChI is InChI=1S/C38H46Cl2N2O5S/c1-5-18-37(21-22-47-26-27-10-16-33(46-4)17-11-27)25-34(29-8-7-9-31(40)23-29)35(28-12-14-30(39)15-13-28)42(36(37)43)32(6-2)24-38(19-20-38)48(44,45)41-3/h5,7-17,23,32,34-35,41H,1,6,18-22,24-26H2,2-4H3/t32-,34+,35+,37-/m0/s1. The third kappa shape index (κ3) is 7.63. The minimum Gasteiger partial charge on any atom is -0.497 e. The first-order valence-corrected chi connectivity index (χ1v) is 18.8. The number of methoxy groups -OCH3 is 1. The Labute approximate surface area is 295 Å². The molecule has 3 aromatic carbocycles. The fraction of sp³-hybridized carbons (Fsp3) is 0.447. The van der Waals surface area contributed by atoms with E-state index in [1.807, 2.05) is 84.6 Å². The van der Waals surface area contributed by atoms with Crippen LogP contribution in [0.5, 0.6) is 5.75 Å². The van der Waals surface area contributed by atoms with Gasteiger partial charge < -0.3 is 14.4 Å². The lowest BCUT2D eigenvalue weighted by molar-refractivity contribution is -0.158. The third-order valence-corrected chi connectivity index (χ3v) is 13.0. The molecule has 0 aromatic heterocycles. The molecule has 1 amide bonds. The minimum atomic E-state index is -3.56. The van der Waals surface area contributed by atoms with E-state index in [1.54, 1.807) is 7.11 Å². The molecule has 5 rings (SSSR count). The molecular formula is C38H46Cl2N2O5S. The van der Waals surface area contributed by atoms with Crippen LogP contribution in [-0.2, 0) is 26.2 Å². The number of benzene rings is 3. The number of amides is 1. The zero-order valence-corrected chi connectivity index (χ0v) is 30.3. The molecule has 3 aromatic rings. The predicted molar refractivity (Wildman–Crippen MR) is 193 cm³/mol. The number of sulfonamides is 1. The van der Waals surface area contributed by atoms with Gasteiger partial charge in [0.2, 0.25) is 15.9 Å². The van der Waals surface area contributed by atoms with Crippen LogP contribution in [0.25, 0.3) is 0 Å². The van der Waals surface area contributed by atoms with Gasteiger partial charge in [-0.2, -0.15) is 0 Å². The summed E-state index contributed by atoms with van der Waals surface area (Å²) in [5, 5.41) is 1.22. The molecule has 0 unspecified atom stereocenters. The molecule has 4 atom stereocenters. The van der Waals surface area contributed by atoms with Gasteiger partial charge in [-0.3, -0.25) is 4.79 Å². The van der Waals surface area contributed by atoms with E-state index in [0.29, 0.717) is 68.2 Å². The van der Waals surface area contributed by atoms with Crippen molar-refractivity contribution in [2.45, 2.75) is 81.2 Å². The van der Waals surface area contributed by atoms with Gasteiger partial charge in [-0.1, -0.05) is 72.6 Å². The topological polar surface area (TPSA) is 84.9 Å². The second-order valence-corrected chi connectivity index (χ2v) is 16.3. The molecule has 0 bridgehead atoms.